The van der Waals surface area contributed by atoms with Crippen LogP contribution in [-0.4, -0.2) is 50.8 Å². The van der Waals surface area contributed by atoms with E-state index in [4.69, 9.17) is 9.47 Å². The van der Waals surface area contributed by atoms with E-state index in [-0.39, 0.29) is 17.8 Å². The molecule has 1 atom stereocenters. The number of nitrogens with one attached hydrogen (secondary N) is 1. The number of methoxy groups -OCH3 is 1. The average Bonchev–Trinajstić information content (AvgIpc) is 3.13. The first-order chi connectivity index (χ1) is 14.6. The molecule has 1 aromatic heterocycles. The fourth-order valence-electron chi connectivity index (χ4n) is 3.91. The van der Waals surface area contributed by atoms with E-state index < -0.39 is 0 Å². The van der Waals surface area contributed by atoms with E-state index in [0.29, 0.717) is 35.6 Å². The summed E-state index contributed by atoms with van der Waals surface area (Å²) in [7, 11) is 1.64. The van der Waals surface area contributed by atoms with E-state index in [1.54, 1.807) is 20.1 Å². The lowest BCUT2D eigenvalue weighted by Gasteiger charge is -2.35. The van der Waals surface area contributed by atoms with Crippen molar-refractivity contribution in [2.75, 3.05) is 40.0 Å². The molecule has 4 rings (SSSR count). The average molecular weight is 429 g/mol. The number of morpholine rings is 1. The van der Waals surface area contributed by atoms with E-state index in [1.165, 1.54) is 17.4 Å². The maximum atomic E-state index is 14.2. The van der Waals surface area contributed by atoms with Gasteiger partial charge in [-0.25, -0.2) is 4.39 Å². The predicted molar refractivity (Wildman–Crippen MR) is 117 cm³/mol. The van der Waals surface area contributed by atoms with E-state index >= 15 is 0 Å². The summed E-state index contributed by atoms with van der Waals surface area (Å²) in [4.78, 5) is 15.9. The van der Waals surface area contributed by atoms with Crippen molar-refractivity contribution in [1.82, 2.24) is 10.2 Å². The van der Waals surface area contributed by atoms with Crippen molar-refractivity contribution in [1.29, 1.82) is 0 Å². The molecular formula is C23H25FN2O3S. The van der Waals surface area contributed by atoms with Crippen molar-refractivity contribution in [3.63, 3.8) is 0 Å². The third-order valence-electron chi connectivity index (χ3n) is 5.55. The van der Waals surface area contributed by atoms with Gasteiger partial charge in [-0.1, -0.05) is 18.2 Å². The fraction of sp³-hybridized carbons (Fsp3) is 0.348. The second kappa shape index (κ2) is 9.12. The van der Waals surface area contributed by atoms with Gasteiger partial charge in [0.05, 0.1) is 31.2 Å². The molecule has 30 heavy (non-hydrogen) atoms. The van der Waals surface area contributed by atoms with E-state index in [1.807, 2.05) is 30.3 Å². The number of ether oxygens (including phenoxy) is 2. The molecule has 5 nitrogen and oxygen atoms in total. The van der Waals surface area contributed by atoms with Gasteiger partial charge in [-0.15, -0.1) is 11.3 Å². The third kappa shape index (κ3) is 4.19. The molecule has 1 aliphatic rings. The van der Waals surface area contributed by atoms with Gasteiger partial charge in [0.15, 0.2) is 0 Å². The Labute approximate surface area is 179 Å². The Bertz CT molecular complexity index is 1030. The molecule has 1 saturated heterocycles. The SMILES string of the molecule is COc1ccc([C@H](CNC(=O)c2sc3cccc(F)c3c2C)N2CCOCC2)cc1. The van der Waals surface area contributed by atoms with Crippen LogP contribution in [0.4, 0.5) is 4.39 Å². The van der Waals surface area contributed by atoms with Gasteiger partial charge in [0.1, 0.15) is 11.6 Å². The number of hydrogen-bond acceptors (Lipinski definition) is 5. The van der Waals surface area contributed by atoms with Crippen molar-refractivity contribution < 1.29 is 18.7 Å². The normalized spacial score (nSPS) is 15.8. The molecule has 0 unspecified atom stereocenters. The third-order valence-corrected chi connectivity index (χ3v) is 6.81. The number of fused-ring (bicyclic) bond motifs is 1. The molecule has 1 aliphatic heterocycles. The summed E-state index contributed by atoms with van der Waals surface area (Å²) in [6.45, 7) is 5.23. The molecule has 1 fully saturated rings. The van der Waals surface area contributed by atoms with Crippen LogP contribution in [0.2, 0.25) is 0 Å². The number of halogens is 1. The van der Waals surface area contributed by atoms with Crippen LogP contribution in [0, 0.1) is 12.7 Å². The Morgan fingerprint density at radius 1 is 1.23 bits per heavy atom. The number of hydrogen-bond donors (Lipinski definition) is 1. The lowest BCUT2D eigenvalue weighted by molar-refractivity contribution is 0.0162. The van der Waals surface area contributed by atoms with E-state index in [9.17, 15) is 9.18 Å². The molecule has 0 aliphatic carbocycles. The first-order valence-corrected chi connectivity index (χ1v) is 10.8. The number of benzene rings is 2. The zero-order valence-electron chi connectivity index (χ0n) is 17.1. The Morgan fingerprint density at radius 3 is 2.63 bits per heavy atom. The number of carbonyl (C=O) groups excluding carboxylic acids is 1. The summed E-state index contributed by atoms with van der Waals surface area (Å²) in [5.41, 5.74) is 1.80. The Hall–Kier alpha value is -2.48. The largest absolute Gasteiger partial charge is 0.497 e. The molecule has 0 radical (unpaired) electrons. The second-order valence-electron chi connectivity index (χ2n) is 7.32. The van der Waals surface area contributed by atoms with Crippen molar-refractivity contribution in [3.05, 3.63) is 64.3 Å². The van der Waals surface area contributed by atoms with Crippen LogP contribution < -0.4 is 10.1 Å². The summed E-state index contributed by atoms with van der Waals surface area (Å²) in [6, 6.07) is 12.9. The van der Waals surface area contributed by atoms with Gasteiger partial charge in [0, 0.05) is 29.7 Å². The first-order valence-electron chi connectivity index (χ1n) is 10.00. The lowest BCUT2D eigenvalue weighted by Crippen LogP contribution is -2.43. The van der Waals surface area contributed by atoms with Gasteiger partial charge < -0.3 is 14.8 Å². The Balaban J connectivity index is 1.55. The molecule has 0 bridgehead atoms. The van der Waals surface area contributed by atoms with E-state index in [0.717, 1.165) is 29.1 Å². The number of rotatable bonds is 6. The zero-order chi connectivity index (χ0) is 21.1. The summed E-state index contributed by atoms with van der Waals surface area (Å²) in [5.74, 6) is 0.344. The summed E-state index contributed by atoms with van der Waals surface area (Å²) in [6.07, 6.45) is 0. The second-order valence-corrected chi connectivity index (χ2v) is 8.37. The number of nitrogens with zero attached hydrogens (tertiary/aromatic N) is 1. The van der Waals surface area contributed by atoms with Crippen LogP contribution in [-0.2, 0) is 4.74 Å². The van der Waals surface area contributed by atoms with Crippen LogP contribution in [0.3, 0.4) is 0 Å². The highest BCUT2D eigenvalue weighted by atomic mass is 32.1. The maximum absolute atomic E-state index is 14.2. The van der Waals surface area contributed by atoms with Crippen LogP contribution >= 0.6 is 11.3 Å². The molecule has 3 aromatic rings. The van der Waals surface area contributed by atoms with Gasteiger partial charge in [0.2, 0.25) is 0 Å². The number of thiophene rings is 1. The van der Waals surface area contributed by atoms with Gasteiger partial charge in [-0.3, -0.25) is 9.69 Å². The van der Waals surface area contributed by atoms with E-state index in [2.05, 4.69) is 10.2 Å². The fourth-order valence-corrected chi connectivity index (χ4v) is 5.05. The van der Waals surface area contributed by atoms with Crippen molar-refractivity contribution >= 4 is 27.3 Å². The van der Waals surface area contributed by atoms with Crippen LogP contribution in [0.1, 0.15) is 26.8 Å². The smallest absolute Gasteiger partial charge is 0.261 e. The highest BCUT2D eigenvalue weighted by molar-refractivity contribution is 7.21. The molecule has 1 amide bonds. The molecule has 2 heterocycles. The first kappa shape index (κ1) is 20.8. The molecule has 1 N–H and O–H groups in total. The summed E-state index contributed by atoms with van der Waals surface area (Å²) >= 11 is 1.33. The highest BCUT2D eigenvalue weighted by Crippen LogP contribution is 2.32. The van der Waals surface area contributed by atoms with Crippen molar-refractivity contribution in [3.8, 4) is 5.75 Å². The standard InChI is InChI=1S/C23H25FN2O3S/c1-15-21-18(24)4-3-5-20(21)30-22(15)23(27)25-14-19(26-10-12-29-13-11-26)16-6-8-17(28-2)9-7-16/h3-9,19H,10-14H2,1-2H3,(H,25,27)/t19-/m0/s1. The van der Waals surface area contributed by atoms with Crippen LogP contribution in [0.5, 0.6) is 5.75 Å². The monoisotopic (exact) mass is 428 g/mol. The van der Waals surface area contributed by atoms with Crippen LogP contribution in [0.25, 0.3) is 10.1 Å². The van der Waals surface area contributed by atoms with Crippen molar-refractivity contribution in [2.45, 2.75) is 13.0 Å². The minimum atomic E-state index is -0.287. The minimum absolute atomic E-state index is 0.0233. The van der Waals surface area contributed by atoms with Crippen LogP contribution in [0.15, 0.2) is 42.5 Å². The van der Waals surface area contributed by atoms with Gasteiger partial charge >= 0.3 is 0 Å². The van der Waals surface area contributed by atoms with Gasteiger partial charge in [-0.2, -0.15) is 0 Å². The Kier molecular flexibility index (Phi) is 6.32. The number of aryl methyl sites for hydroxylation is 1. The Morgan fingerprint density at radius 2 is 1.97 bits per heavy atom. The quantitative estimate of drug-likeness (QED) is 0.641. The zero-order valence-corrected chi connectivity index (χ0v) is 17.9. The predicted octanol–water partition coefficient (Wildman–Crippen LogP) is 4.16. The lowest BCUT2D eigenvalue weighted by atomic mass is 10.0. The van der Waals surface area contributed by atoms with Gasteiger partial charge in [-0.05, 0) is 42.3 Å². The summed E-state index contributed by atoms with van der Waals surface area (Å²) < 4.78 is 25.8. The molecule has 2 aromatic carbocycles. The highest BCUT2D eigenvalue weighted by Gasteiger charge is 2.25. The van der Waals surface area contributed by atoms with Crippen molar-refractivity contribution in [2.24, 2.45) is 0 Å². The molecule has 0 saturated carbocycles. The molecule has 0 spiro atoms. The minimum Gasteiger partial charge on any atom is -0.497 e. The topological polar surface area (TPSA) is 50.8 Å². The molecule has 7 heteroatoms. The maximum Gasteiger partial charge on any atom is 0.261 e. The summed E-state index contributed by atoms with van der Waals surface area (Å²) in [5, 5.41) is 3.61. The number of carbonyl (C=O) groups is 1. The molecule has 158 valence electrons. The number of amides is 1. The molecular weight excluding hydrogens is 403 g/mol. The van der Waals surface area contributed by atoms with Gasteiger partial charge in [0.25, 0.3) is 5.91 Å².